The third kappa shape index (κ3) is 5.28. The van der Waals surface area contributed by atoms with Gasteiger partial charge in [-0.25, -0.2) is 0 Å². The van der Waals surface area contributed by atoms with Crippen LogP contribution in [0.5, 0.6) is 0 Å². The van der Waals surface area contributed by atoms with Gasteiger partial charge in [0.1, 0.15) is 0 Å². The number of likely N-dealkylation sites (N-methyl/N-ethyl adjacent to an activating group) is 1. The van der Waals surface area contributed by atoms with Gasteiger partial charge in [0.15, 0.2) is 5.78 Å². The number of carbonyl (C=O) groups is 2. The third-order valence-electron chi connectivity index (χ3n) is 3.80. The highest BCUT2D eigenvalue weighted by atomic mass is 16.2. The van der Waals surface area contributed by atoms with Crippen molar-refractivity contribution < 1.29 is 9.59 Å². The van der Waals surface area contributed by atoms with E-state index in [4.69, 9.17) is 0 Å². The number of carbonyl (C=O) groups excluding carboxylic acids is 2. The van der Waals surface area contributed by atoms with Crippen LogP contribution in [0, 0.1) is 11.3 Å². The van der Waals surface area contributed by atoms with Crippen molar-refractivity contribution in [3.63, 3.8) is 0 Å². The Morgan fingerprint density at radius 2 is 1.64 bits per heavy atom. The quantitative estimate of drug-likeness (QED) is 0.803. The van der Waals surface area contributed by atoms with Gasteiger partial charge in [-0.3, -0.25) is 9.59 Å². The first-order valence-corrected chi connectivity index (χ1v) is 7.96. The largest absolute Gasteiger partial charge is 0.335 e. The minimum absolute atomic E-state index is 0.00514. The summed E-state index contributed by atoms with van der Waals surface area (Å²) < 4.78 is 0. The van der Waals surface area contributed by atoms with Gasteiger partial charge in [0.2, 0.25) is 5.91 Å². The van der Waals surface area contributed by atoms with E-state index in [2.05, 4.69) is 13.8 Å². The topological polar surface area (TPSA) is 37.4 Å². The number of nitrogens with zero attached hydrogens (tertiary/aromatic N) is 1. The molecule has 1 amide bonds. The maximum absolute atomic E-state index is 12.7. The molecule has 0 N–H and O–H groups in total. The first-order valence-electron chi connectivity index (χ1n) is 7.96. The number of amides is 1. The Kier molecular flexibility index (Phi) is 6.34. The van der Waals surface area contributed by atoms with E-state index in [9.17, 15) is 9.59 Å². The van der Waals surface area contributed by atoms with Crippen molar-refractivity contribution in [3.8, 4) is 0 Å². The fourth-order valence-electron chi connectivity index (χ4n) is 2.46. The predicted molar refractivity (Wildman–Crippen MR) is 90.6 cm³/mol. The van der Waals surface area contributed by atoms with Crippen LogP contribution in [-0.2, 0) is 16.0 Å². The molecule has 3 heteroatoms. The second kappa shape index (κ2) is 7.57. The summed E-state index contributed by atoms with van der Waals surface area (Å²) in [6.45, 7) is 9.91. The molecule has 0 aliphatic heterocycles. The van der Waals surface area contributed by atoms with Crippen LogP contribution in [-0.4, -0.2) is 29.7 Å². The summed E-state index contributed by atoms with van der Waals surface area (Å²) in [5.41, 5.74) is 0.534. The highest BCUT2D eigenvalue weighted by molar-refractivity contribution is 5.92. The third-order valence-corrected chi connectivity index (χ3v) is 3.80. The van der Waals surface area contributed by atoms with Gasteiger partial charge in [0, 0.05) is 12.5 Å². The standard InChI is InChI=1S/C19H29NO2/c1-14(2)12-16(18(22)19(3,4)5)20(6)17(21)13-15-10-8-7-9-11-15/h7-11,14,16H,12-13H2,1-6H3/t16-/m1/s1. The van der Waals surface area contributed by atoms with Crippen molar-refractivity contribution in [2.24, 2.45) is 11.3 Å². The molecule has 0 aliphatic carbocycles. The second-order valence-corrected chi connectivity index (χ2v) is 7.43. The summed E-state index contributed by atoms with van der Waals surface area (Å²) in [4.78, 5) is 26.9. The number of ketones is 1. The molecule has 0 aromatic heterocycles. The molecule has 1 rings (SSSR count). The fourth-order valence-corrected chi connectivity index (χ4v) is 2.46. The zero-order valence-corrected chi connectivity index (χ0v) is 14.7. The lowest BCUT2D eigenvalue weighted by atomic mass is 9.83. The summed E-state index contributed by atoms with van der Waals surface area (Å²) in [6.07, 6.45) is 1.04. The highest BCUT2D eigenvalue weighted by Crippen LogP contribution is 2.23. The average molecular weight is 303 g/mol. The van der Waals surface area contributed by atoms with Crippen LogP contribution in [0.25, 0.3) is 0 Å². The lowest BCUT2D eigenvalue weighted by Gasteiger charge is -2.33. The average Bonchev–Trinajstić information content (AvgIpc) is 2.43. The van der Waals surface area contributed by atoms with Gasteiger partial charge in [-0.2, -0.15) is 0 Å². The van der Waals surface area contributed by atoms with Crippen molar-refractivity contribution in [1.29, 1.82) is 0 Å². The molecule has 0 aliphatic rings. The molecular weight excluding hydrogens is 274 g/mol. The molecule has 0 saturated heterocycles. The number of hydrogen-bond acceptors (Lipinski definition) is 2. The van der Waals surface area contributed by atoms with Crippen LogP contribution in [0.1, 0.15) is 46.6 Å². The van der Waals surface area contributed by atoms with E-state index in [1.165, 1.54) is 0 Å². The van der Waals surface area contributed by atoms with Crippen LogP contribution in [0.4, 0.5) is 0 Å². The molecule has 1 atom stereocenters. The molecule has 0 saturated carbocycles. The Morgan fingerprint density at radius 3 is 2.09 bits per heavy atom. The van der Waals surface area contributed by atoms with Gasteiger partial charge in [-0.05, 0) is 17.9 Å². The molecule has 0 radical (unpaired) electrons. The summed E-state index contributed by atoms with van der Waals surface area (Å²) in [5.74, 6) is 0.489. The summed E-state index contributed by atoms with van der Waals surface area (Å²) in [5, 5.41) is 0. The number of benzene rings is 1. The van der Waals surface area contributed by atoms with E-state index in [1.54, 1.807) is 11.9 Å². The van der Waals surface area contributed by atoms with E-state index in [-0.39, 0.29) is 17.7 Å². The smallest absolute Gasteiger partial charge is 0.227 e. The zero-order valence-electron chi connectivity index (χ0n) is 14.7. The Labute approximate surface area is 134 Å². The van der Waals surface area contributed by atoms with Crippen molar-refractivity contribution in [3.05, 3.63) is 35.9 Å². The van der Waals surface area contributed by atoms with E-state index < -0.39 is 5.41 Å². The molecule has 122 valence electrons. The maximum Gasteiger partial charge on any atom is 0.227 e. The number of rotatable bonds is 6. The summed E-state index contributed by atoms with van der Waals surface area (Å²) >= 11 is 0. The van der Waals surface area contributed by atoms with Crippen LogP contribution >= 0.6 is 0 Å². The Balaban J connectivity index is 2.89. The van der Waals surface area contributed by atoms with Gasteiger partial charge >= 0.3 is 0 Å². The van der Waals surface area contributed by atoms with Gasteiger partial charge in [-0.15, -0.1) is 0 Å². The molecule has 1 aromatic carbocycles. The molecule has 0 heterocycles. The normalized spacial score (nSPS) is 13.0. The Morgan fingerprint density at radius 1 is 1.09 bits per heavy atom. The van der Waals surface area contributed by atoms with Gasteiger partial charge in [0.05, 0.1) is 12.5 Å². The Hall–Kier alpha value is -1.64. The first kappa shape index (κ1) is 18.4. The SMILES string of the molecule is CC(C)C[C@H](C(=O)C(C)(C)C)N(C)C(=O)Cc1ccccc1. The lowest BCUT2D eigenvalue weighted by molar-refractivity contribution is -0.141. The summed E-state index contributed by atoms with van der Waals surface area (Å²) in [7, 11) is 1.75. The van der Waals surface area contributed by atoms with Crippen LogP contribution < -0.4 is 0 Å². The molecule has 1 aromatic rings. The second-order valence-electron chi connectivity index (χ2n) is 7.43. The molecule has 22 heavy (non-hydrogen) atoms. The Bertz CT molecular complexity index is 500. The zero-order chi connectivity index (χ0) is 16.9. The van der Waals surface area contributed by atoms with E-state index >= 15 is 0 Å². The summed E-state index contributed by atoms with van der Waals surface area (Å²) in [6, 6.07) is 9.31. The van der Waals surface area contributed by atoms with Gasteiger partial charge in [-0.1, -0.05) is 65.0 Å². The fraction of sp³-hybridized carbons (Fsp3) is 0.579. The monoisotopic (exact) mass is 303 g/mol. The minimum atomic E-state index is -0.444. The first-order chi connectivity index (χ1) is 10.1. The van der Waals surface area contributed by atoms with E-state index in [0.717, 1.165) is 5.56 Å². The lowest BCUT2D eigenvalue weighted by Crippen LogP contribution is -2.47. The molecule has 0 fully saturated rings. The van der Waals surface area contributed by atoms with Crippen molar-refractivity contribution in [1.82, 2.24) is 4.90 Å². The van der Waals surface area contributed by atoms with Crippen LogP contribution in [0.2, 0.25) is 0 Å². The van der Waals surface area contributed by atoms with E-state index in [0.29, 0.717) is 18.8 Å². The van der Waals surface area contributed by atoms with E-state index in [1.807, 2.05) is 51.1 Å². The maximum atomic E-state index is 12.7. The van der Waals surface area contributed by atoms with Gasteiger partial charge < -0.3 is 4.90 Å². The molecule has 0 bridgehead atoms. The molecule has 0 spiro atoms. The van der Waals surface area contributed by atoms with Gasteiger partial charge in [0.25, 0.3) is 0 Å². The number of hydrogen-bond donors (Lipinski definition) is 0. The molecule has 0 unspecified atom stereocenters. The van der Waals surface area contributed by atoms with Crippen LogP contribution in [0.3, 0.4) is 0 Å². The minimum Gasteiger partial charge on any atom is -0.335 e. The van der Waals surface area contributed by atoms with Crippen molar-refractivity contribution >= 4 is 11.7 Å². The number of Topliss-reactive ketones (excluding diaryl/α,β-unsaturated/α-hetero) is 1. The van der Waals surface area contributed by atoms with Crippen molar-refractivity contribution in [2.45, 2.75) is 53.5 Å². The van der Waals surface area contributed by atoms with Crippen LogP contribution in [0.15, 0.2) is 30.3 Å². The molecular formula is C19H29NO2. The van der Waals surface area contributed by atoms with Crippen molar-refractivity contribution in [2.75, 3.05) is 7.05 Å². The predicted octanol–water partition coefficient (Wildman–Crippen LogP) is 3.72. The molecule has 3 nitrogen and oxygen atoms in total. The highest BCUT2D eigenvalue weighted by Gasteiger charge is 2.34.